The molecule has 2 saturated heterocycles. The van der Waals surface area contributed by atoms with Crippen LogP contribution in [0.15, 0.2) is 48.5 Å². The number of hydrogen-bond acceptors (Lipinski definition) is 6. The summed E-state index contributed by atoms with van der Waals surface area (Å²) in [6.07, 6.45) is -0.627. The van der Waals surface area contributed by atoms with E-state index in [1.807, 2.05) is 0 Å². The van der Waals surface area contributed by atoms with Gasteiger partial charge in [-0.1, -0.05) is 0 Å². The summed E-state index contributed by atoms with van der Waals surface area (Å²) in [4.78, 5) is 30.5. The number of carbonyl (C=O) groups excluding carboxylic acids is 2. The lowest BCUT2D eigenvalue weighted by atomic mass is 10.2. The van der Waals surface area contributed by atoms with Crippen LogP contribution in [0, 0.1) is 5.41 Å². The second-order valence-corrected chi connectivity index (χ2v) is 8.02. The Hall–Kier alpha value is -3.79. The predicted molar refractivity (Wildman–Crippen MR) is 125 cm³/mol. The fourth-order valence-corrected chi connectivity index (χ4v) is 3.95. The van der Waals surface area contributed by atoms with Crippen molar-refractivity contribution in [1.29, 1.82) is 5.41 Å². The molecule has 2 heterocycles. The number of cyclic esters (lactones) is 1. The first kappa shape index (κ1) is 22.4. The van der Waals surface area contributed by atoms with E-state index in [9.17, 15) is 9.59 Å². The smallest absolute Gasteiger partial charge is 0.414 e. The molecular formula is C23H28N6O4. The highest BCUT2D eigenvalue weighted by atomic mass is 16.6. The van der Waals surface area contributed by atoms with Gasteiger partial charge >= 0.3 is 12.1 Å². The Kier molecular flexibility index (Phi) is 6.64. The van der Waals surface area contributed by atoms with E-state index in [0.717, 1.165) is 11.4 Å². The van der Waals surface area contributed by atoms with Crippen LogP contribution in [0.4, 0.5) is 21.0 Å². The minimum atomic E-state index is -0.381. The molecule has 0 aliphatic carbocycles. The van der Waals surface area contributed by atoms with Crippen LogP contribution in [-0.4, -0.2) is 80.2 Å². The maximum Gasteiger partial charge on any atom is 0.414 e. The molecule has 10 heteroatoms. The molecular weight excluding hydrogens is 424 g/mol. The standard InChI is InChI=1S/C23H28N6O4/c1-32-19-8-4-17(5-9-19)26-22(30)28-12-10-27(11-13-28)14-20-15-29(23(31)33-20)18-6-2-16(3-7-18)21(24)25/h2-9,20H,10-15H2,1H3,(H3,24,25)(H,26,30). The van der Waals surface area contributed by atoms with Gasteiger partial charge in [-0.3, -0.25) is 15.2 Å². The SMILES string of the molecule is COc1ccc(NC(=O)N2CCN(CC3CN(c4ccc(C(=N)N)cc4)C(=O)O3)CC2)cc1. The summed E-state index contributed by atoms with van der Waals surface area (Å²) in [6, 6.07) is 14.0. The lowest BCUT2D eigenvalue weighted by Crippen LogP contribution is -2.51. The van der Waals surface area contributed by atoms with Gasteiger partial charge in [-0.25, -0.2) is 9.59 Å². The van der Waals surface area contributed by atoms with E-state index in [2.05, 4.69) is 10.2 Å². The van der Waals surface area contributed by atoms with Crippen molar-refractivity contribution in [2.75, 3.05) is 56.6 Å². The van der Waals surface area contributed by atoms with E-state index >= 15 is 0 Å². The number of amides is 3. The Morgan fingerprint density at radius 2 is 1.79 bits per heavy atom. The number of nitrogens with one attached hydrogen (secondary N) is 2. The predicted octanol–water partition coefficient (Wildman–Crippen LogP) is 2.15. The molecule has 2 aromatic carbocycles. The Labute approximate surface area is 192 Å². The van der Waals surface area contributed by atoms with E-state index in [4.69, 9.17) is 20.6 Å². The van der Waals surface area contributed by atoms with Crippen LogP contribution in [0.25, 0.3) is 0 Å². The first-order valence-corrected chi connectivity index (χ1v) is 10.8. The number of methoxy groups -OCH3 is 1. The van der Waals surface area contributed by atoms with Crippen molar-refractivity contribution in [1.82, 2.24) is 9.80 Å². The summed E-state index contributed by atoms with van der Waals surface area (Å²) < 4.78 is 10.7. The molecule has 1 atom stereocenters. The number of amidine groups is 1. The summed E-state index contributed by atoms with van der Waals surface area (Å²) in [5, 5.41) is 10.4. The van der Waals surface area contributed by atoms with Crippen LogP contribution in [0.1, 0.15) is 5.56 Å². The monoisotopic (exact) mass is 452 g/mol. The number of nitrogens with two attached hydrogens (primary N) is 1. The number of urea groups is 1. The van der Waals surface area contributed by atoms with Crippen molar-refractivity contribution < 1.29 is 19.1 Å². The highest BCUT2D eigenvalue weighted by Gasteiger charge is 2.34. The van der Waals surface area contributed by atoms with Crippen LogP contribution in [0.3, 0.4) is 0 Å². The lowest BCUT2D eigenvalue weighted by molar-refractivity contribution is 0.0863. The van der Waals surface area contributed by atoms with E-state index in [0.29, 0.717) is 50.5 Å². The molecule has 0 aromatic heterocycles. The van der Waals surface area contributed by atoms with Crippen molar-refractivity contribution in [2.45, 2.75) is 6.10 Å². The quantitative estimate of drug-likeness (QED) is 0.456. The van der Waals surface area contributed by atoms with Gasteiger partial charge in [0.15, 0.2) is 0 Å². The molecule has 3 amide bonds. The molecule has 0 spiro atoms. The van der Waals surface area contributed by atoms with Gasteiger partial charge in [-0.15, -0.1) is 0 Å². The minimum absolute atomic E-state index is 0.0137. The van der Waals surface area contributed by atoms with Crippen LogP contribution in [0.2, 0.25) is 0 Å². The number of nitrogen functional groups attached to an aromatic ring is 1. The van der Waals surface area contributed by atoms with Gasteiger partial charge in [-0.2, -0.15) is 0 Å². The fraction of sp³-hybridized carbons (Fsp3) is 0.348. The maximum atomic E-state index is 12.6. The highest BCUT2D eigenvalue weighted by molar-refractivity contribution is 5.96. The van der Waals surface area contributed by atoms with Crippen molar-refractivity contribution in [2.24, 2.45) is 5.73 Å². The van der Waals surface area contributed by atoms with Crippen LogP contribution in [0.5, 0.6) is 5.75 Å². The topological polar surface area (TPSA) is 124 Å². The second kappa shape index (κ2) is 9.78. The minimum Gasteiger partial charge on any atom is -0.497 e. The third-order valence-electron chi connectivity index (χ3n) is 5.83. The third kappa shape index (κ3) is 5.35. The molecule has 0 radical (unpaired) electrons. The van der Waals surface area contributed by atoms with Crippen LogP contribution >= 0.6 is 0 Å². The Morgan fingerprint density at radius 3 is 2.39 bits per heavy atom. The number of piperazine rings is 1. The summed E-state index contributed by atoms with van der Waals surface area (Å²) >= 11 is 0. The summed E-state index contributed by atoms with van der Waals surface area (Å²) in [5.41, 5.74) is 7.53. The van der Waals surface area contributed by atoms with Gasteiger partial charge in [0.1, 0.15) is 17.7 Å². The van der Waals surface area contributed by atoms with Crippen molar-refractivity contribution in [3.05, 3.63) is 54.1 Å². The van der Waals surface area contributed by atoms with E-state index in [1.54, 1.807) is 65.4 Å². The Balaban J connectivity index is 1.24. The Bertz CT molecular complexity index is 1000. The number of hydrogen-bond donors (Lipinski definition) is 3. The van der Waals surface area contributed by atoms with Gasteiger partial charge in [0.25, 0.3) is 0 Å². The molecule has 33 heavy (non-hydrogen) atoms. The maximum absolute atomic E-state index is 12.6. The van der Waals surface area contributed by atoms with Crippen molar-refractivity contribution in [3.63, 3.8) is 0 Å². The summed E-state index contributed by atoms with van der Waals surface area (Å²) in [5.74, 6) is 0.723. The molecule has 0 bridgehead atoms. The first-order chi connectivity index (χ1) is 15.9. The molecule has 2 fully saturated rings. The normalized spacial score (nSPS) is 18.7. The zero-order valence-electron chi connectivity index (χ0n) is 18.5. The number of benzene rings is 2. The molecule has 2 aromatic rings. The highest BCUT2D eigenvalue weighted by Crippen LogP contribution is 2.23. The zero-order valence-corrected chi connectivity index (χ0v) is 18.5. The van der Waals surface area contributed by atoms with Gasteiger partial charge in [-0.05, 0) is 48.5 Å². The van der Waals surface area contributed by atoms with Gasteiger partial charge in [0.05, 0.1) is 13.7 Å². The van der Waals surface area contributed by atoms with E-state index < -0.39 is 0 Å². The number of ether oxygens (including phenoxy) is 2. The molecule has 2 aliphatic rings. The largest absolute Gasteiger partial charge is 0.497 e. The average molecular weight is 453 g/mol. The van der Waals surface area contributed by atoms with Crippen molar-refractivity contribution >= 4 is 29.3 Å². The third-order valence-corrected chi connectivity index (χ3v) is 5.83. The molecule has 174 valence electrons. The van der Waals surface area contributed by atoms with E-state index in [1.165, 1.54) is 0 Å². The molecule has 4 N–H and O–H groups in total. The second-order valence-electron chi connectivity index (χ2n) is 8.02. The van der Waals surface area contributed by atoms with Crippen molar-refractivity contribution in [3.8, 4) is 5.75 Å². The summed E-state index contributed by atoms with van der Waals surface area (Å²) in [7, 11) is 1.60. The molecule has 1 unspecified atom stereocenters. The fourth-order valence-electron chi connectivity index (χ4n) is 3.95. The average Bonchev–Trinajstić information content (AvgIpc) is 3.19. The molecule has 4 rings (SSSR count). The lowest BCUT2D eigenvalue weighted by Gasteiger charge is -2.35. The van der Waals surface area contributed by atoms with Crippen LogP contribution < -0.4 is 20.7 Å². The molecule has 10 nitrogen and oxygen atoms in total. The summed E-state index contributed by atoms with van der Waals surface area (Å²) in [6.45, 7) is 3.67. The first-order valence-electron chi connectivity index (χ1n) is 10.8. The van der Waals surface area contributed by atoms with Gasteiger partial charge in [0, 0.05) is 49.7 Å². The number of carbonyl (C=O) groups is 2. The molecule has 2 aliphatic heterocycles. The van der Waals surface area contributed by atoms with Crippen LogP contribution in [-0.2, 0) is 4.74 Å². The zero-order chi connectivity index (χ0) is 23.4. The van der Waals surface area contributed by atoms with E-state index in [-0.39, 0.29) is 24.1 Å². The number of nitrogens with zero attached hydrogens (tertiary/aromatic N) is 3. The van der Waals surface area contributed by atoms with Gasteiger partial charge < -0.3 is 25.4 Å². The molecule has 0 saturated carbocycles. The number of rotatable bonds is 6. The van der Waals surface area contributed by atoms with Gasteiger partial charge in [0.2, 0.25) is 0 Å². The Morgan fingerprint density at radius 1 is 1.12 bits per heavy atom. The number of anilines is 2.